The fourth-order valence-corrected chi connectivity index (χ4v) is 4.75. The minimum Gasteiger partial charge on any atom is -0.481 e. The van der Waals surface area contributed by atoms with Gasteiger partial charge >= 0.3 is 0 Å². The molecule has 3 nitrogen and oxygen atoms in total. The third kappa shape index (κ3) is 2.00. The normalized spacial score (nSPS) is 24.7. The highest BCUT2D eigenvalue weighted by atomic mass is 16.5. The van der Waals surface area contributed by atoms with E-state index in [0.29, 0.717) is 5.92 Å². The summed E-state index contributed by atoms with van der Waals surface area (Å²) < 4.78 is 0. The van der Waals surface area contributed by atoms with Gasteiger partial charge in [0.15, 0.2) is 0 Å². The van der Waals surface area contributed by atoms with Crippen LogP contribution in [-0.2, 0) is 0 Å². The first-order valence-electron chi connectivity index (χ1n) is 9.29. The molecule has 0 radical (unpaired) electrons. The largest absolute Gasteiger partial charge is 0.481 e. The van der Waals surface area contributed by atoms with Crippen LogP contribution in [0.4, 0.5) is 0 Å². The molecule has 1 fully saturated rings. The molecular formula is C23H23NO2. The summed E-state index contributed by atoms with van der Waals surface area (Å²) in [4.78, 5) is 2.30. The van der Waals surface area contributed by atoms with E-state index in [9.17, 15) is 10.2 Å². The first kappa shape index (κ1) is 15.6. The third-order valence-electron chi connectivity index (χ3n) is 6.11. The van der Waals surface area contributed by atoms with Crippen molar-refractivity contribution in [3.8, 4) is 0 Å². The SMILES string of the molecule is Cc1ccc2c(c1)C1c3ccc(C(C)C)cc3C=CN1C1C(=C(O)O)C21. The first-order chi connectivity index (χ1) is 12.5. The predicted molar refractivity (Wildman–Crippen MR) is 103 cm³/mol. The Balaban J connectivity index is 1.72. The average Bonchev–Trinajstić information content (AvgIpc) is 3.36. The maximum Gasteiger partial charge on any atom is 0.276 e. The van der Waals surface area contributed by atoms with Gasteiger partial charge in [0.25, 0.3) is 5.95 Å². The van der Waals surface area contributed by atoms with Gasteiger partial charge in [-0.15, -0.1) is 0 Å². The highest BCUT2D eigenvalue weighted by Gasteiger charge is 2.58. The summed E-state index contributed by atoms with van der Waals surface area (Å²) in [5.74, 6) is 0.0795. The maximum atomic E-state index is 9.77. The number of hydrogen-bond acceptors (Lipinski definition) is 3. The van der Waals surface area contributed by atoms with Crippen molar-refractivity contribution in [2.24, 2.45) is 0 Å². The Morgan fingerprint density at radius 3 is 2.50 bits per heavy atom. The van der Waals surface area contributed by atoms with Crippen LogP contribution in [0.15, 0.2) is 54.1 Å². The number of rotatable bonds is 1. The van der Waals surface area contributed by atoms with Gasteiger partial charge in [-0.1, -0.05) is 55.8 Å². The van der Waals surface area contributed by atoms with Gasteiger partial charge in [0.2, 0.25) is 0 Å². The summed E-state index contributed by atoms with van der Waals surface area (Å²) >= 11 is 0. The summed E-state index contributed by atoms with van der Waals surface area (Å²) in [5.41, 5.74) is 8.40. The number of hydrogen-bond donors (Lipinski definition) is 2. The van der Waals surface area contributed by atoms with Crippen molar-refractivity contribution in [3.05, 3.63) is 87.5 Å². The summed E-state index contributed by atoms with van der Waals surface area (Å²) in [7, 11) is 0. The maximum absolute atomic E-state index is 9.77. The third-order valence-corrected chi connectivity index (χ3v) is 6.11. The molecule has 5 rings (SSSR count). The first-order valence-corrected chi connectivity index (χ1v) is 9.29. The Kier molecular flexibility index (Phi) is 3.09. The van der Waals surface area contributed by atoms with Gasteiger partial charge < -0.3 is 15.1 Å². The van der Waals surface area contributed by atoms with Crippen molar-refractivity contribution >= 4 is 6.08 Å². The quantitative estimate of drug-likeness (QED) is 0.689. The minimum atomic E-state index is -0.512. The van der Waals surface area contributed by atoms with Crippen LogP contribution in [0.3, 0.4) is 0 Å². The molecule has 2 aliphatic heterocycles. The van der Waals surface area contributed by atoms with Crippen LogP contribution in [0.2, 0.25) is 0 Å². The fraction of sp³-hybridized carbons (Fsp3) is 0.304. The van der Waals surface area contributed by atoms with Crippen molar-refractivity contribution < 1.29 is 10.2 Å². The molecular weight excluding hydrogens is 322 g/mol. The zero-order valence-corrected chi connectivity index (χ0v) is 15.3. The number of fused-ring (bicyclic) bond motifs is 8. The highest BCUT2D eigenvalue weighted by Crippen LogP contribution is 2.61. The fourth-order valence-electron chi connectivity index (χ4n) is 4.75. The second kappa shape index (κ2) is 5.16. The number of aryl methyl sites for hydroxylation is 1. The van der Waals surface area contributed by atoms with Gasteiger partial charge in [-0.2, -0.15) is 0 Å². The molecule has 26 heavy (non-hydrogen) atoms. The molecule has 0 bridgehead atoms. The Hall–Kier alpha value is -2.68. The molecule has 3 aliphatic rings. The molecule has 0 aromatic heterocycles. The van der Waals surface area contributed by atoms with Crippen molar-refractivity contribution in [2.75, 3.05) is 0 Å². The average molecular weight is 345 g/mol. The lowest BCUT2D eigenvalue weighted by molar-refractivity contribution is 0.185. The van der Waals surface area contributed by atoms with E-state index in [4.69, 9.17) is 0 Å². The van der Waals surface area contributed by atoms with Gasteiger partial charge in [0, 0.05) is 17.7 Å². The lowest BCUT2D eigenvalue weighted by atomic mass is 9.82. The summed E-state index contributed by atoms with van der Waals surface area (Å²) in [6.45, 7) is 6.55. The molecule has 3 atom stereocenters. The molecule has 0 spiro atoms. The molecule has 0 amide bonds. The van der Waals surface area contributed by atoms with Crippen LogP contribution in [-0.4, -0.2) is 21.2 Å². The van der Waals surface area contributed by atoms with Crippen molar-refractivity contribution in [3.63, 3.8) is 0 Å². The van der Waals surface area contributed by atoms with E-state index in [1.165, 1.54) is 33.4 Å². The smallest absolute Gasteiger partial charge is 0.276 e. The van der Waals surface area contributed by atoms with Crippen LogP contribution in [0.5, 0.6) is 0 Å². The second-order valence-corrected chi connectivity index (χ2v) is 8.04. The van der Waals surface area contributed by atoms with E-state index in [1.54, 1.807) is 0 Å². The second-order valence-electron chi connectivity index (χ2n) is 8.04. The van der Waals surface area contributed by atoms with Crippen molar-refractivity contribution in [1.82, 2.24) is 4.90 Å². The van der Waals surface area contributed by atoms with Gasteiger partial charge in [0.1, 0.15) is 0 Å². The lowest BCUT2D eigenvalue weighted by Crippen LogP contribution is -2.34. The molecule has 0 saturated heterocycles. The molecule has 1 saturated carbocycles. The molecule has 2 N–H and O–H groups in total. The molecule has 1 aliphatic carbocycles. The Morgan fingerprint density at radius 2 is 1.77 bits per heavy atom. The summed E-state index contributed by atoms with van der Waals surface area (Å²) in [6.07, 6.45) is 4.30. The molecule has 2 aromatic rings. The van der Waals surface area contributed by atoms with Gasteiger partial charge in [0.05, 0.1) is 12.1 Å². The van der Waals surface area contributed by atoms with Crippen LogP contribution >= 0.6 is 0 Å². The molecule has 3 unspecified atom stereocenters. The minimum absolute atomic E-state index is 0.0504. The number of benzene rings is 2. The molecule has 3 heteroatoms. The zero-order chi connectivity index (χ0) is 18.2. The zero-order valence-electron chi connectivity index (χ0n) is 15.3. The molecule has 132 valence electrons. The van der Waals surface area contributed by atoms with Crippen LogP contribution in [0.25, 0.3) is 6.08 Å². The van der Waals surface area contributed by atoms with E-state index < -0.39 is 5.95 Å². The van der Waals surface area contributed by atoms with E-state index in [2.05, 4.69) is 74.3 Å². The standard InChI is InChI=1S/C23H23NO2/c1-12(2)14-5-7-16-15(11-14)8-9-24-21(16)18-10-13(3)4-6-17(18)19-20(22(19)24)23(25)26/h4-12,19,21-22,25-26H,1-3H3. The van der Waals surface area contributed by atoms with Crippen molar-refractivity contribution in [2.45, 2.75) is 44.7 Å². The monoisotopic (exact) mass is 345 g/mol. The topological polar surface area (TPSA) is 43.7 Å². The van der Waals surface area contributed by atoms with E-state index in [-0.39, 0.29) is 18.0 Å². The van der Waals surface area contributed by atoms with Gasteiger partial charge in [-0.3, -0.25) is 0 Å². The predicted octanol–water partition coefficient (Wildman–Crippen LogP) is 5.30. The Labute approximate surface area is 153 Å². The van der Waals surface area contributed by atoms with Gasteiger partial charge in [-0.05, 0) is 46.7 Å². The van der Waals surface area contributed by atoms with Gasteiger partial charge in [-0.25, -0.2) is 0 Å². The molecule has 2 aromatic carbocycles. The van der Waals surface area contributed by atoms with Crippen LogP contribution in [0.1, 0.15) is 65.1 Å². The molecule has 2 heterocycles. The van der Waals surface area contributed by atoms with E-state index in [0.717, 1.165) is 5.57 Å². The summed E-state index contributed by atoms with van der Waals surface area (Å²) in [6, 6.07) is 13.5. The van der Waals surface area contributed by atoms with Crippen molar-refractivity contribution in [1.29, 1.82) is 0 Å². The number of aliphatic hydroxyl groups is 2. The Bertz CT molecular complexity index is 982. The number of nitrogens with zero attached hydrogens (tertiary/aromatic N) is 1. The lowest BCUT2D eigenvalue weighted by Gasteiger charge is -2.39. The Morgan fingerprint density at radius 1 is 1.00 bits per heavy atom. The summed E-state index contributed by atoms with van der Waals surface area (Å²) in [5, 5.41) is 19.5. The number of aliphatic hydroxyl groups excluding tert-OH is 1. The van der Waals surface area contributed by atoms with E-state index in [1.807, 2.05) is 0 Å². The highest BCUT2D eigenvalue weighted by molar-refractivity contribution is 5.66. The van der Waals surface area contributed by atoms with E-state index >= 15 is 0 Å². The van der Waals surface area contributed by atoms with Crippen LogP contribution in [0, 0.1) is 6.92 Å². The van der Waals surface area contributed by atoms with Crippen LogP contribution < -0.4 is 0 Å².